The quantitative estimate of drug-likeness (QED) is 0.684. The molecule has 1 unspecified atom stereocenters. The van der Waals surface area contributed by atoms with E-state index in [1.54, 1.807) is 17.9 Å². The minimum absolute atomic E-state index is 0.0698. The topological polar surface area (TPSA) is 83.7 Å². The number of amides is 1. The molecule has 0 bridgehead atoms. The molecule has 2 rings (SSSR count). The molecule has 0 spiro atoms. The van der Waals surface area contributed by atoms with Crippen LogP contribution < -0.4 is 0 Å². The number of aliphatic hydroxyl groups is 1. The van der Waals surface area contributed by atoms with Crippen LogP contribution in [0.4, 0.5) is 5.69 Å². The molecule has 1 atom stereocenters. The number of aryl methyl sites for hydroxylation is 1. The van der Waals surface area contributed by atoms with Gasteiger partial charge in [-0.1, -0.05) is 12.8 Å². The number of benzene rings is 1. The third-order valence-electron chi connectivity index (χ3n) is 3.87. The van der Waals surface area contributed by atoms with Gasteiger partial charge in [0.1, 0.15) is 0 Å². The zero-order valence-corrected chi connectivity index (χ0v) is 12.1. The Morgan fingerprint density at radius 1 is 1.38 bits per heavy atom. The van der Waals surface area contributed by atoms with E-state index in [1.807, 2.05) is 0 Å². The van der Waals surface area contributed by atoms with Crippen LogP contribution in [-0.4, -0.2) is 40.0 Å². The summed E-state index contributed by atoms with van der Waals surface area (Å²) in [6.07, 6.45) is 3.70. The van der Waals surface area contributed by atoms with Crippen molar-refractivity contribution in [3.05, 3.63) is 39.4 Å². The first-order valence-electron chi connectivity index (χ1n) is 7.21. The van der Waals surface area contributed by atoms with Gasteiger partial charge < -0.3 is 10.0 Å². The van der Waals surface area contributed by atoms with Crippen LogP contribution >= 0.6 is 0 Å². The summed E-state index contributed by atoms with van der Waals surface area (Å²) < 4.78 is 0. The predicted molar refractivity (Wildman–Crippen MR) is 78.2 cm³/mol. The smallest absolute Gasteiger partial charge is 0.270 e. The summed E-state index contributed by atoms with van der Waals surface area (Å²) in [7, 11) is 0. The SMILES string of the molecule is Cc1cc(C(=O)N2CCCCCC2CO)cc([N+](=O)[O-])c1. The molecule has 1 heterocycles. The van der Waals surface area contributed by atoms with Crippen molar-refractivity contribution in [3.63, 3.8) is 0 Å². The fourth-order valence-corrected chi connectivity index (χ4v) is 2.79. The van der Waals surface area contributed by atoms with Crippen LogP contribution in [0.2, 0.25) is 0 Å². The van der Waals surface area contributed by atoms with Gasteiger partial charge in [-0.05, 0) is 31.4 Å². The van der Waals surface area contributed by atoms with E-state index >= 15 is 0 Å². The maximum atomic E-state index is 12.6. The van der Waals surface area contributed by atoms with Crippen LogP contribution in [0, 0.1) is 17.0 Å². The Morgan fingerprint density at radius 2 is 2.14 bits per heavy atom. The molecule has 1 saturated heterocycles. The van der Waals surface area contributed by atoms with Crippen LogP contribution in [0.3, 0.4) is 0 Å². The lowest BCUT2D eigenvalue weighted by atomic mass is 10.1. The Balaban J connectivity index is 2.31. The number of non-ortho nitro benzene ring substituents is 1. The lowest BCUT2D eigenvalue weighted by Crippen LogP contribution is -2.42. The van der Waals surface area contributed by atoms with E-state index < -0.39 is 4.92 Å². The molecule has 1 aromatic rings. The third-order valence-corrected chi connectivity index (χ3v) is 3.87. The number of hydrogen-bond acceptors (Lipinski definition) is 4. The van der Waals surface area contributed by atoms with Gasteiger partial charge in [0.2, 0.25) is 0 Å². The maximum absolute atomic E-state index is 12.6. The van der Waals surface area contributed by atoms with Crippen LogP contribution in [0.5, 0.6) is 0 Å². The van der Waals surface area contributed by atoms with Crippen LogP contribution in [0.15, 0.2) is 18.2 Å². The first-order chi connectivity index (χ1) is 10.0. The van der Waals surface area contributed by atoms with Crippen molar-refractivity contribution >= 4 is 11.6 Å². The Morgan fingerprint density at radius 3 is 2.81 bits per heavy atom. The predicted octanol–water partition coefficient (Wildman–Crippen LogP) is 2.28. The van der Waals surface area contributed by atoms with E-state index in [9.17, 15) is 20.0 Å². The second-order valence-corrected chi connectivity index (χ2v) is 5.50. The largest absolute Gasteiger partial charge is 0.394 e. The van der Waals surface area contributed by atoms with Crippen molar-refractivity contribution in [1.82, 2.24) is 4.90 Å². The summed E-state index contributed by atoms with van der Waals surface area (Å²) >= 11 is 0. The normalized spacial score (nSPS) is 19.1. The minimum atomic E-state index is -0.490. The van der Waals surface area contributed by atoms with Crippen LogP contribution in [0.1, 0.15) is 41.6 Å². The number of hydrogen-bond donors (Lipinski definition) is 1. The molecule has 6 heteroatoms. The Labute approximate surface area is 123 Å². The molecular formula is C15H20N2O4. The van der Waals surface area contributed by atoms with Gasteiger partial charge in [0.05, 0.1) is 17.6 Å². The van der Waals surface area contributed by atoms with E-state index in [4.69, 9.17) is 0 Å². The Kier molecular flexibility index (Phi) is 4.90. The van der Waals surface area contributed by atoms with Gasteiger partial charge in [-0.2, -0.15) is 0 Å². The number of aliphatic hydroxyl groups excluding tert-OH is 1. The monoisotopic (exact) mass is 292 g/mol. The van der Waals surface area contributed by atoms with Gasteiger partial charge in [0.15, 0.2) is 0 Å². The maximum Gasteiger partial charge on any atom is 0.270 e. The molecule has 1 aromatic carbocycles. The van der Waals surface area contributed by atoms with Crippen LogP contribution in [-0.2, 0) is 0 Å². The lowest BCUT2D eigenvalue weighted by Gasteiger charge is -2.28. The van der Waals surface area contributed by atoms with E-state index in [2.05, 4.69) is 0 Å². The first-order valence-corrected chi connectivity index (χ1v) is 7.21. The van der Waals surface area contributed by atoms with Gasteiger partial charge in [0, 0.05) is 24.2 Å². The first kappa shape index (κ1) is 15.4. The van der Waals surface area contributed by atoms with Crippen molar-refractivity contribution < 1.29 is 14.8 Å². The summed E-state index contributed by atoms with van der Waals surface area (Å²) in [4.78, 5) is 24.7. The highest BCUT2D eigenvalue weighted by molar-refractivity contribution is 5.95. The number of nitro groups is 1. The van der Waals surface area contributed by atoms with Crippen LogP contribution in [0.25, 0.3) is 0 Å². The van der Waals surface area contributed by atoms with Crippen molar-refractivity contribution in [3.8, 4) is 0 Å². The van der Waals surface area contributed by atoms with E-state index in [1.165, 1.54) is 12.1 Å². The molecule has 0 saturated carbocycles. The molecule has 1 N–H and O–H groups in total. The van der Waals surface area contributed by atoms with E-state index in [0.717, 1.165) is 25.7 Å². The molecule has 21 heavy (non-hydrogen) atoms. The zero-order valence-electron chi connectivity index (χ0n) is 12.1. The molecule has 6 nitrogen and oxygen atoms in total. The molecule has 1 aliphatic rings. The molecule has 0 aromatic heterocycles. The molecule has 0 radical (unpaired) electrons. The van der Waals surface area contributed by atoms with E-state index in [-0.39, 0.29) is 24.2 Å². The number of likely N-dealkylation sites (tertiary alicyclic amines) is 1. The van der Waals surface area contributed by atoms with Crippen molar-refractivity contribution in [2.24, 2.45) is 0 Å². The summed E-state index contributed by atoms with van der Waals surface area (Å²) in [6.45, 7) is 2.25. The fraction of sp³-hybridized carbons (Fsp3) is 0.533. The van der Waals surface area contributed by atoms with Gasteiger partial charge >= 0.3 is 0 Å². The summed E-state index contributed by atoms with van der Waals surface area (Å²) in [6, 6.07) is 4.23. The van der Waals surface area contributed by atoms with Gasteiger partial charge in [-0.15, -0.1) is 0 Å². The number of rotatable bonds is 3. The number of nitro benzene ring substituents is 1. The molecule has 1 aliphatic heterocycles. The highest BCUT2D eigenvalue weighted by Crippen LogP contribution is 2.22. The summed E-state index contributed by atoms with van der Waals surface area (Å²) in [5.74, 6) is -0.234. The van der Waals surface area contributed by atoms with Crippen molar-refractivity contribution in [2.45, 2.75) is 38.6 Å². The average molecular weight is 292 g/mol. The Bertz CT molecular complexity index is 544. The minimum Gasteiger partial charge on any atom is -0.394 e. The second kappa shape index (κ2) is 6.67. The van der Waals surface area contributed by atoms with Gasteiger partial charge in [0.25, 0.3) is 11.6 Å². The van der Waals surface area contributed by atoms with E-state index in [0.29, 0.717) is 17.7 Å². The summed E-state index contributed by atoms with van der Waals surface area (Å²) in [5, 5.41) is 20.4. The number of nitrogens with zero attached hydrogens (tertiary/aromatic N) is 2. The molecular weight excluding hydrogens is 272 g/mol. The standard InChI is InChI=1S/C15H20N2O4/c1-11-7-12(9-14(8-11)17(20)21)15(19)16-6-4-2-3-5-13(16)10-18/h7-9,13,18H,2-6,10H2,1H3. The molecule has 114 valence electrons. The fourth-order valence-electron chi connectivity index (χ4n) is 2.79. The Hall–Kier alpha value is -1.95. The molecule has 1 amide bonds. The lowest BCUT2D eigenvalue weighted by molar-refractivity contribution is -0.384. The summed E-state index contributed by atoms with van der Waals surface area (Å²) in [5.41, 5.74) is 0.929. The molecule has 1 fully saturated rings. The average Bonchev–Trinajstić information content (AvgIpc) is 2.70. The number of carbonyl (C=O) groups is 1. The highest BCUT2D eigenvalue weighted by atomic mass is 16.6. The van der Waals surface area contributed by atoms with Crippen molar-refractivity contribution in [2.75, 3.05) is 13.2 Å². The van der Waals surface area contributed by atoms with Crippen molar-refractivity contribution in [1.29, 1.82) is 0 Å². The van der Waals surface area contributed by atoms with Gasteiger partial charge in [-0.25, -0.2) is 0 Å². The zero-order chi connectivity index (χ0) is 15.4. The third kappa shape index (κ3) is 3.58. The molecule has 0 aliphatic carbocycles. The van der Waals surface area contributed by atoms with Gasteiger partial charge in [-0.3, -0.25) is 14.9 Å². The second-order valence-electron chi connectivity index (χ2n) is 5.50. The number of carbonyl (C=O) groups excluding carboxylic acids is 1. The highest BCUT2D eigenvalue weighted by Gasteiger charge is 2.26.